The van der Waals surface area contributed by atoms with Gasteiger partial charge in [0.15, 0.2) is 17.0 Å². The molecule has 0 aliphatic rings. The summed E-state index contributed by atoms with van der Waals surface area (Å²) >= 11 is 0. The van der Waals surface area contributed by atoms with Gasteiger partial charge >= 0.3 is 0 Å². The van der Waals surface area contributed by atoms with Crippen molar-refractivity contribution < 1.29 is 4.39 Å². The average Bonchev–Trinajstić information content (AvgIpc) is 3.33. The van der Waals surface area contributed by atoms with E-state index in [4.69, 9.17) is 9.97 Å². The molecule has 0 amide bonds. The molecule has 31 heavy (non-hydrogen) atoms. The number of rotatable bonds is 5. The lowest BCUT2D eigenvalue weighted by Crippen LogP contribution is -2.09. The third kappa shape index (κ3) is 3.75. The minimum atomic E-state index is -0.297. The van der Waals surface area contributed by atoms with Gasteiger partial charge in [-0.1, -0.05) is 30.3 Å². The molecule has 8 heteroatoms. The van der Waals surface area contributed by atoms with E-state index in [0.29, 0.717) is 35.2 Å². The number of hydrogen-bond acceptors (Lipinski definition) is 5. The molecule has 7 nitrogen and oxygen atoms in total. The topological polar surface area (TPSA) is 73.5 Å². The molecule has 5 rings (SSSR count). The highest BCUT2D eigenvalue weighted by Crippen LogP contribution is 2.25. The van der Waals surface area contributed by atoms with Gasteiger partial charge in [0.1, 0.15) is 5.82 Å². The molecule has 0 unspecified atom stereocenters. The van der Waals surface area contributed by atoms with Gasteiger partial charge in [0, 0.05) is 11.4 Å². The van der Waals surface area contributed by atoms with Crippen LogP contribution in [0.1, 0.15) is 17.0 Å². The number of fused-ring (bicyclic) bond motifs is 1. The van der Waals surface area contributed by atoms with Crippen LogP contribution in [0.4, 0.5) is 15.9 Å². The van der Waals surface area contributed by atoms with Crippen molar-refractivity contribution in [1.29, 1.82) is 0 Å². The van der Waals surface area contributed by atoms with Gasteiger partial charge in [-0.15, -0.1) is 0 Å². The van der Waals surface area contributed by atoms with Crippen LogP contribution in [0.5, 0.6) is 0 Å². The predicted molar refractivity (Wildman–Crippen MR) is 117 cm³/mol. The maximum atomic E-state index is 13.3. The van der Waals surface area contributed by atoms with Crippen molar-refractivity contribution in [2.75, 3.05) is 5.32 Å². The minimum Gasteiger partial charge on any atom is -0.338 e. The SMILES string of the molecule is Cc1cc(C)n(-c2nc(Nc3ccc(F)cc3)c3ncn(Cc4ccccc4)c3n2)n1. The predicted octanol–water partition coefficient (Wildman–Crippen LogP) is 4.56. The number of aromatic nitrogens is 6. The smallest absolute Gasteiger partial charge is 0.254 e. The lowest BCUT2D eigenvalue weighted by molar-refractivity contribution is 0.628. The van der Waals surface area contributed by atoms with Crippen molar-refractivity contribution in [2.24, 2.45) is 0 Å². The third-order valence-electron chi connectivity index (χ3n) is 4.95. The van der Waals surface area contributed by atoms with E-state index in [1.54, 1.807) is 23.1 Å². The molecule has 0 saturated carbocycles. The molecule has 0 bridgehead atoms. The number of aryl methyl sites for hydroxylation is 2. The van der Waals surface area contributed by atoms with Gasteiger partial charge in [-0.05, 0) is 49.7 Å². The lowest BCUT2D eigenvalue weighted by atomic mass is 10.2. The Morgan fingerprint density at radius 3 is 2.45 bits per heavy atom. The Hall–Kier alpha value is -4.07. The molecular formula is C23H20FN7. The van der Waals surface area contributed by atoms with E-state index >= 15 is 0 Å². The second-order valence-corrected chi connectivity index (χ2v) is 7.37. The third-order valence-corrected chi connectivity index (χ3v) is 4.95. The van der Waals surface area contributed by atoms with Crippen molar-refractivity contribution in [3.63, 3.8) is 0 Å². The zero-order valence-corrected chi connectivity index (χ0v) is 17.1. The van der Waals surface area contributed by atoms with E-state index in [-0.39, 0.29) is 5.82 Å². The maximum Gasteiger partial charge on any atom is 0.254 e. The van der Waals surface area contributed by atoms with E-state index in [9.17, 15) is 4.39 Å². The van der Waals surface area contributed by atoms with Crippen molar-refractivity contribution >= 4 is 22.7 Å². The molecule has 0 aliphatic carbocycles. The van der Waals surface area contributed by atoms with Gasteiger partial charge in [-0.2, -0.15) is 15.1 Å². The van der Waals surface area contributed by atoms with Gasteiger partial charge in [-0.3, -0.25) is 0 Å². The van der Waals surface area contributed by atoms with Crippen LogP contribution >= 0.6 is 0 Å². The second-order valence-electron chi connectivity index (χ2n) is 7.37. The van der Waals surface area contributed by atoms with Crippen LogP contribution < -0.4 is 5.32 Å². The summed E-state index contributed by atoms with van der Waals surface area (Å²) in [5.74, 6) is 0.678. The van der Waals surface area contributed by atoms with Gasteiger partial charge in [0.2, 0.25) is 0 Å². The Balaban J connectivity index is 1.65. The first kappa shape index (κ1) is 18.9. The molecule has 0 saturated heterocycles. The molecule has 0 fully saturated rings. The molecule has 0 aliphatic heterocycles. The second kappa shape index (κ2) is 7.64. The molecule has 0 atom stereocenters. The molecule has 3 aromatic heterocycles. The van der Waals surface area contributed by atoms with Gasteiger partial charge in [-0.25, -0.2) is 14.1 Å². The fourth-order valence-corrected chi connectivity index (χ4v) is 3.51. The first-order valence-electron chi connectivity index (χ1n) is 9.90. The monoisotopic (exact) mass is 413 g/mol. The standard InChI is InChI=1S/C23H20FN7/c1-15-12-16(2)31(29-15)23-27-21(26-19-10-8-18(24)9-11-19)20-22(28-23)30(14-25-20)13-17-6-4-3-5-7-17/h3-12,14H,13H2,1-2H3,(H,26,27,28). The summed E-state index contributed by atoms with van der Waals surface area (Å²) in [5.41, 5.74) is 4.97. The highest BCUT2D eigenvalue weighted by molar-refractivity contribution is 5.86. The number of imidazole rings is 1. The Morgan fingerprint density at radius 2 is 1.74 bits per heavy atom. The lowest BCUT2D eigenvalue weighted by Gasteiger charge is -2.10. The molecular weight excluding hydrogens is 393 g/mol. The maximum absolute atomic E-state index is 13.3. The summed E-state index contributed by atoms with van der Waals surface area (Å²) in [4.78, 5) is 14.0. The first-order valence-corrected chi connectivity index (χ1v) is 9.90. The number of hydrogen-bond donors (Lipinski definition) is 1. The number of nitrogens with one attached hydrogen (secondary N) is 1. The summed E-state index contributed by atoms with van der Waals surface area (Å²) in [7, 11) is 0. The van der Waals surface area contributed by atoms with Crippen LogP contribution in [0, 0.1) is 19.7 Å². The Labute approximate surface area is 178 Å². The summed E-state index contributed by atoms with van der Waals surface area (Å²) in [5, 5.41) is 7.78. The van der Waals surface area contributed by atoms with Crippen LogP contribution in [0.25, 0.3) is 17.1 Å². The first-order chi connectivity index (χ1) is 15.1. The highest BCUT2D eigenvalue weighted by Gasteiger charge is 2.17. The normalized spacial score (nSPS) is 11.2. The van der Waals surface area contributed by atoms with Crippen LogP contribution in [0.2, 0.25) is 0 Å². The zero-order chi connectivity index (χ0) is 21.4. The van der Waals surface area contributed by atoms with Crippen molar-refractivity contribution in [3.8, 4) is 5.95 Å². The molecule has 2 aromatic carbocycles. The van der Waals surface area contributed by atoms with Crippen molar-refractivity contribution in [3.05, 3.63) is 89.8 Å². The van der Waals surface area contributed by atoms with Crippen molar-refractivity contribution in [1.82, 2.24) is 29.3 Å². The van der Waals surface area contributed by atoms with Crippen LogP contribution in [-0.2, 0) is 6.54 Å². The zero-order valence-electron chi connectivity index (χ0n) is 17.1. The number of halogens is 1. The quantitative estimate of drug-likeness (QED) is 0.457. The average molecular weight is 413 g/mol. The Morgan fingerprint density at radius 1 is 0.968 bits per heavy atom. The summed E-state index contributed by atoms with van der Waals surface area (Å²) in [6.45, 7) is 4.52. The van der Waals surface area contributed by atoms with E-state index in [2.05, 4.69) is 27.5 Å². The van der Waals surface area contributed by atoms with E-state index in [1.807, 2.05) is 42.7 Å². The van der Waals surface area contributed by atoms with Gasteiger partial charge in [0.25, 0.3) is 5.95 Å². The fraction of sp³-hybridized carbons (Fsp3) is 0.130. The number of nitrogens with zero attached hydrogens (tertiary/aromatic N) is 6. The van der Waals surface area contributed by atoms with E-state index < -0.39 is 0 Å². The van der Waals surface area contributed by atoms with Crippen LogP contribution in [0.3, 0.4) is 0 Å². The Bertz CT molecular complexity index is 1350. The van der Waals surface area contributed by atoms with Crippen LogP contribution in [-0.4, -0.2) is 29.3 Å². The molecule has 0 spiro atoms. The summed E-state index contributed by atoms with van der Waals surface area (Å²) in [6.07, 6.45) is 1.76. The summed E-state index contributed by atoms with van der Waals surface area (Å²) in [6, 6.07) is 18.2. The minimum absolute atomic E-state index is 0.297. The van der Waals surface area contributed by atoms with E-state index in [0.717, 1.165) is 17.0 Å². The van der Waals surface area contributed by atoms with E-state index in [1.165, 1.54) is 12.1 Å². The molecule has 0 radical (unpaired) electrons. The van der Waals surface area contributed by atoms with Gasteiger partial charge in [0.05, 0.1) is 18.6 Å². The fourth-order valence-electron chi connectivity index (χ4n) is 3.51. The largest absolute Gasteiger partial charge is 0.338 e. The van der Waals surface area contributed by atoms with Crippen LogP contribution in [0.15, 0.2) is 67.0 Å². The molecule has 5 aromatic rings. The highest BCUT2D eigenvalue weighted by atomic mass is 19.1. The number of benzene rings is 2. The number of anilines is 2. The molecule has 154 valence electrons. The molecule has 1 N–H and O–H groups in total. The summed E-state index contributed by atoms with van der Waals surface area (Å²) < 4.78 is 17.0. The Kier molecular flexibility index (Phi) is 4.66. The van der Waals surface area contributed by atoms with Gasteiger partial charge < -0.3 is 9.88 Å². The molecule has 3 heterocycles. The van der Waals surface area contributed by atoms with Crippen molar-refractivity contribution in [2.45, 2.75) is 20.4 Å².